The van der Waals surface area contributed by atoms with Crippen LogP contribution in [0.2, 0.25) is 0 Å². The molecule has 3 aromatic heterocycles. The molecule has 0 atom stereocenters. The van der Waals surface area contributed by atoms with Gasteiger partial charge in [0.15, 0.2) is 5.82 Å². The van der Waals surface area contributed by atoms with E-state index in [0.29, 0.717) is 11.6 Å². The van der Waals surface area contributed by atoms with Crippen LogP contribution in [0, 0.1) is 6.92 Å². The number of pyridine rings is 1. The van der Waals surface area contributed by atoms with E-state index in [1.165, 1.54) is 0 Å². The number of rotatable bonds is 4. The Bertz CT molecular complexity index is 1210. The molecule has 0 aliphatic carbocycles. The molecule has 0 bridgehead atoms. The third kappa shape index (κ3) is 3.76. The number of carbonyl (C=O) groups is 1. The number of aromatic amines is 1. The summed E-state index contributed by atoms with van der Waals surface area (Å²) in [4.78, 5) is 16.6. The molecule has 0 saturated heterocycles. The minimum atomic E-state index is -0.167. The number of aromatic nitrogens is 4. The molecule has 4 rings (SSSR count). The predicted molar refractivity (Wildman–Crippen MR) is 116 cm³/mol. The van der Waals surface area contributed by atoms with Gasteiger partial charge in [-0.3, -0.25) is 9.89 Å². The SMILES string of the molecule is Cc1cnc(N)c2c(-c3ccc(CC(=O)Nc4cc(C(C)(C)C)on4)cc3)[nH]nc12. The summed E-state index contributed by atoms with van der Waals surface area (Å²) < 4.78 is 5.30. The van der Waals surface area contributed by atoms with Crippen LogP contribution >= 0.6 is 0 Å². The smallest absolute Gasteiger partial charge is 0.230 e. The maximum atomic E-state index is 12.4. The lowest BCUT2D eigenvalue weighted by atomic mass is 9.93. The number of benzene rings is 1. The van der Waals surface area contributed by atoms with E-state index in [0.717, 1.165) is 39.0 Å². The van der Waals surface area contributed by atoms with Gasteiger partial charge in [0.2, 0.25) is 5.91 Å². The molecule has 0 aliphatic heterocycles. The zero-order chi connectivity index (χ0) is 21.5. The first kappa shape index (κ1) is 19.6. The molecule has 30 heavy (non-hydrogen) atoms. The van der Waals surface area contributed by atoms with Crippen LogP contribution in [0.4, 0.5) is 11.6 Å². The summed E-state index contributed by atoms with van der Waals surface area (Å²) in [6.45, 7) is 8.01. The molecular formula is C22H24N6O2. The van der Waals surface area contributed by atoms with Crippen molar-refractivity contribution in [2.24, 2.45) is 0 Å². The van der Waals surface area contributed by atoms with Crippen molar-refractivity contribution in [3.05, 3.63) is 53.4 Å². The average Bonchev–Trinajstić information content (AvgIpc) is 3.33. The van der Waals surface area contributed by atoms with Gasteiger partial charge in [-0.1, -0.05) is 50.2 Å². The van der Waals surface area contributed by atoms with Gasteiger partial charge in [0.25, 0.3) is 0 Å². The highest BCUT2D eigenvalue weighted by Gasteiger charge is 2.20. The van der Waals surface area contributed by atoms with Crippen molar-refractivity contribution >= 4 is 28.4 Å². The van der Waals surface area contributed by atoms with E-state index >= 15 is 0 Å². The maximum absolute atomic E-state index is 12.4. The fraction of sp³-hybridized carbons (Fsp3) is 0.273. The van der Waals surface area contributed by atoms with E-state index in [2.05, 4.69) is 25.7 Å². The van der Waals surface area contributed by atoms with E-state index in [4.69, 9.17) is 10.3 Å². The van der Waals surface area contributed by atoms with Crippen LogP contribution in [-0.2, 0) is 16.6 Å². The molecule has 0 aliphatic rings. The number of nitrogens with two attached hydrogens (primary N) is 1. The first-order chi connectivity index (χ1) is 14.2. The molecule has 4 N–H and O–H groups in total. The second kappa shape index (κ2) is 7.29. The second-order valence-corrected chi connectivity index (χ2v) is 8.40. The molecule has 1 aromatic carbocycles. The number of hydrogen-bond acceptors (Lipinski definition) is 6. The van der Waals surface area contributed by atoms with Gasteiger partial charge in [0.05, 0.1) is 17.5 Å². The number of H-pyrrole nitrogens is 1. The highest BCUT2D eigenvalue weighted by Crippen LogP contribution is 2.31. The van der Waals surface area contributed by atoms with E-state index in [1.807, 2.05) is 52.0 Å². The standard InChI is InChI=1S/C22H24N6O2/c1-12-11-24-21(23)18-19(12)26-27-20(18)14-7-5-13(6-8-14)9-17(29)25-16-10-15(30-28-16)22(2,3)4/h5-8,10-11H,9H2,1-4H3,(H2,23,24)(H,26,27)(H,25,28,29). The molecule has 0 fully saturated rings. The molecular weight excluding hydrogens is 380 g/mol. The Balaban J connectivity index is 1.49. The molecule has 4 aromatic rings. The van der Waals surface area contributed by atoms with Crippen molar-refractivity contribution in [2.45, 2.75) is 39.5 Å². The fourth-order valence-corrected chi connectivity index (χ4v) is 3.23. The Kier molecular flexibility index (Phi) is 4.77. The number of aryl methyl sites for hydroxylation is 1. The Labute approximate surface area is 173 Å². The summed E-state index contributed by atoms with van der Waals surface area (Å²) >= 11 is 0. The van der Waals surface area contributed by atoms with Crippen LogP contribution in [0.15, 0.2) is 41.1 Å². The van der Waals surface area contributed by atoms with Crippen molar-refractivity contribution in [2.75, 3.05) is 11.1 Å². The summed E-state index contributed by atoms with van der Waals surface area (Å²) in [6, 6.07) is 9.44. The summed E-state index contributed by atoms with van der Waals surface area (Å²) in [5.41, 5.74) is 10.3. The molecule has 0 spiro atoms. The molecule has 3 heterocycles. The van der Waals surface area contributed by atoms with Crippen molar-refractivity contribution in [1.82, 2.24) is 20.3 Å². The molecule has 8 nitrogen and oxygen atoms in total. The summed E-state index contributed by atoms with van der Waals surface area (Å²) in [5.74, 6) is 1.42. The van der Waals surface area contributed by atoms with Gasteiger partial charge in [-0.05, 0) is 18.1 Å². The quantitative estimate of drug-likeness (QED) is 0.473. The first-order valence-electron chi connectivity index (χ1n) is 9.68. The van der Waals surface area contributed by atoms with Crippen molar-refractivity contribution in [3.63, 3.8) is 0 Å². The van der Waals surface area contributed by atoms with Crippen LogP contribution in [-0.4, -0.2) is 26.2 Å². The number of hydrogen-bond donors (Lipinski definition) is 3. The lowest BCUT2D eigenvalue weighted by molar-refractivity contribution is -0.115. The Morgan fingerprint density at radius 2 is 1.97 bits per heavy atom. The van der Waals surface area contributed by atoms with Crippen LogP contribution in [0.3, 0.4) is 0 Å². The van der Waals surface area contributed by atoms with E-state index in [1.54, 1.807) is 12.3 Å². The van der Waals surface area contributed by atoms with Crippen LogP contribution in [0.1, 0.15) is 37.7 Å². The molecule has 0 saturated carbocycles. The lowest BCUT2D eigenvalue weighted by Gasteiger charge is -2.12. The molecule has 0 radical (unpaired) electrons. The lowest BCUT2D eigenvalue weighted by Crippen LogP contribution is -2.14. The highest BCUT2D eigenvalue weighted by molar-refractivity contribution is 6.01. The van der Waals surface area contributed by atoms with Gasteiger partial charge in [-0.2, -0.15) is 5.10 Å². The van der Waals surface area contributed by atoms with Gasteiger partial charge in [0.1, 0.15) is 17.1 Å². The minimum Gasteiger partial charge on any atom is -0.383 e. The summed E-state index contributed by atoms with van der Waals surface area (Å²) in [5, 5.41) is 14.9. The number of amides is 1. The summed E-state index contributed by atoms with van der Waals surface area (Å²) in [6.07, 6.45) is 1.94. The third-order valence-electron chi connectivity index (χ3n) is 4.92. The number of carbonyl (C=O) groups excluding carboxylic acids is 1. The number of anilines is 2. The number of nitrogens with zero attached hydrogens (tertiary/aromatic N) is 3. The number of nitrogen functional groups attached to an aromatic ring is 1. The largest absolute Gasteiger partial charge is 0.383 e. The average molecular weight is 404 g/mol. The molecule has 1 amide bonds. The minimum absolute atomic E-state index is 0.160. The van der Waals surface area contributed by atoms with Crippen molar-refractivity contribution in [3.8, 4) is 11.3 Å². The predicted octanol–water partition coefficient (Wildman–Crippen LogP) is 3.98. The maximum Gasteiger partial charge on any atom is 0.230 e. The fourth-order valence-electron chi connectivity index (χ4n) is 3.23. The zero-order valence-electron chi connectivity index (χ0n) is 17.4. The molecule has 0 unspecified atom stereocenters. The third-order valence-corrected chi connectivity index (χ3v) is 4.92. The molecule has 8 heteroatoms. The first-order valence-corrected chi connectivity index (χ1v) is 9.68. The topological polar surface area (TPSA) is 123 Å². The van der Waals surface area contributed by atoms with Gasteiger partial charge >= 0.3 is 0 Å². The highest BCUT2D eigenvalue weighted by atomic mass is 16.5. The Morgan fingerprint density at radius 1 is 1.23 bits per heavy atom. The van der Waals surface area contributed by atoms with Crippen LogP contribution in [0.5, 0.6) is 0 Å². The Hall–Kier alpha value is -3.68. The van der Waals surface area contributed by atoms with E-state index in [-0.39, 0.29) is 17.7 Å². The van der Waals surface area contributed by atoms with Gasteiger partial charge in [0, 0.05) is 23.2 Å². The van der Waals surface area contributed by atoms with Gasteiger partial charge in [-0.15, -0.1) is 0 Å². The molecule has 154 valence electrons. The van der Waals surface area contributed by atoms with Crippen LogP contribution in [0.25, 0.3) is 22.2 Å². The van der Waals surface area contributed by atoms with Crippen LogP contribution < -0.4 is 11.1 Å². The monoisotopic (exact) mass is 404 g/mol. The van der Waals surface area contributed by atoms with Gasteiger partial charge < -0.3 is 15.6 Å². The van der Waals surface area contributed by atoms with E-state index < -0.39 is 0 Å². The zero-order valence-corrected chi connectivity index (χ0v) is 17.4. The Morgan fingerprint density at radius 3 is 2.63 bits per heavy atom. The number of nitrogens with one attached hydrogen (secondary N) is 2. The normalized spacial score (nSPS) is 11.7. The number of fused-ring (bicyclic) bond motifs is 1. The second-order valence-electron chi connectivity index (χ2n) is 8.40. The van der Waals surface area contributed by atoms with E-state index in [9.17, 15) is 4.79 Å². The summed E-state index contributed by atoms with van der Waals surface area (Å²) in [7, 11) is 0. The van der Waals surface area contributed by atoms with Crippen molar-refractivity contribution in [1.29, 1.82) is 0 Å². The van der Waals surface area contributed by atoms with Gasteiger partial charge in [-0.25, -0.2) is 4.98 Å². The van der Waals surface area contributed by atoms with Crippen molar-refractivity contribution < 1.29 is 9.32 Å².